The second-order valence-electron chi connectivity index (χ2n) is 6.54. The summed E-state index contributed by atoms with van der Waals surface area (Å²) in [5.74, 6) is -1.10. The monoisotopic (exact) mass is 346 g/mol. The van der Waals surface area contributed by atoms with Gasteiger partial charge in [0.15, 0.2) is 5.69 Å². The van der Waals surface area contributed by atoms with Gasteiger partial charge in [-0.15, -0.1) is 0 Å². The van der Waals surface area contributed by atoms with Crippen LogP contribution in [0.1, 0.15) is 53.1 Å². The van der Waals surface area contributed by atoms with Gasteiger partial charge >= 0.3 is 5.97 Å². The van der Waals surface area contributed by atoms with Crippen LogP contribution in [0, 0.1) is 5.92 Å². The third-order valence-electron chi connectivity index (χ3n) is 4.92. The van der Waals surface area contributed by atoms with Gasteiger partial charge < -0.3 is 14.9 Å². The first-order valence-electron chi connectivity index (χ1n) is 8.69. The lowest BCUT2D eigenvalue weighted by atomic mass is 9.88. The normalized spacial score (nSPS) is 18.9. The first-order chi connectivity index (χ1) is 12.1. The summed E-state index contributed by atoms with van der Waals surface area (Å²) in [4.78, 5) is 46.9. The zero-order chi connectivity index (χ0) is 17.8. The van der Waals surface area contributed by atoms with Gasteiger partial charge in [-0.05, 0) is 12.8 Å². The maximum Gasteiger partial charge on any atom is 0.356 e. The van der Waals surface area contributed by atoms with E-state index in [0.29, 0.717) is 26.2 Å². The lowest BCUT2D eigenvalue weighted by molar-refractivity contribution is -0.138. The first kappa shape index (κ1) is 17.3. The van der Waals surface area contributed by atoms with E-state index in [4.69, 9.17) is 5.11 Å². The molecule has 3 rings (SSSR count). The molecule has 0 unspecified atom stereocenters. The van der Waals surface area contributed by atoms with Gasteiger partial charge in [0, 0.05) is 32.1 Å². The fourth-order valence-electron chi connectivity index (χ4n) is 3.45. The number of carbonyl (C=O) groups excluding carboxylic acids is 2. The summed E-state index contributed by atoms with van der Waals surface area (Å²) < 4.78 is 0. The van der Waals surface area contributed by atoms with Crippen molar-refractivity contribution in [3.63, 3.8) is 0 Å². The van der Waals surface area contributed by atoms with Gasteiger partial charge in [-0.25, -0.2) is 14.8 Å². The smallest absolute Gasteiger partial charge is 0.356 e. The van der Waals surface area contributed by atoms with Crippen molar-refractivity contribution < 1.29 is 19.5 Å². The average Bonchev–Trinajstić information content (AvgIpc) is 2.67. The Hall–Kier alpha value is -2.51. The van der Waals surface area contributed by atoms with Crippen LogP contribution in [-0.2, 0) is 4.79 Å². The van der Waals surface area contributed by atoms with Crippen molar-refractivity contribution >= 4 is 17.8 Å². The van der Waals surface area contributed by atoms with E-state index >= 15 is 0 Å². The second kappa shape index (κ2) is 7.58. The van der Waals surface area contributed by atoms with Crippen molar-refractivity contribution in [2.24, 2.45) is 5.92 Å². The van der Waals surface area contributed by atoms with E-state index in [2.05, 4.69) is 9.97 Å². The molecular weight excluding hydrogens is 324 g/mol. The van der Waals surface area contributed by atoms with E-state index in [-0.39, 0.29) is 29.1 Å². The topological polar surface area (TPSA) is 104 Å². The predicted molar refractivity (Wildman–Crippen MR) is 88.0 cm³/mol. The van der Waals surface area contributed by atoms with Gasteiger partial charge in [0.2, 0.25) is 5.91 Å². The van der Waals surface area contributed by atoms with E-state index in [1.165, 1.54) is 12.6 Å². The number of rotatable bonds is 3. The average molecular weight is 346 g/mol. The number of carboxylic acid groups (broad SMARTS) is 1. The van der Waals surface area contributed by atoms with Crippen molar-refractivity contribution in [1.82, 2.24) is 19.8 Å². The zero-order valence-corrected chi connectivity index (χ0v) is 14.1. The highest BCUT2D eigenvalue weighted by molar-refractivity contribution is 5.93. The van der Waals surface area contributed by atoms with Gasteiger partial charge in [-0.1, -0.05) is 19.3 Å². The van der Waals surface area contributed by atoms with Crippen LogP contribution < -0.4 is 0 Å². The van der Waals surface area contributed by atoms with Crippen LogP contribution >= 0.6 is 0 Å². The van der Waals surface area contributed by atoms with Crippen LogP contribution in [0.4, 0.5) is 0 Å². The summed E-state index contributed by atoms with van der Waals surface area (Å²) in [7, 11) is 0. The summed E-state index contributed by atoms with van der Waals surface area (Å²) in [6.07, 6.45) is 7.68. The van der Waals surface area contributed by atoms with Crippen LogP contribution in [0.25, 0.3) is 0 Å². The third kappa shape index (κ3) is 3.94. The first-order valence-corrected chi connectivity index (χ1v) is 8.69. The number of carbonyl (C=O) groups is 3. The third-order valence-corrected chi connectivity index (χ3v) is 4.92. The quantitative estimate of drug-likeness (QED) is 0.877. The largest absolute Gasteiger partial charge is 0.476 e. The highest BCUT2D eigenvalue weighted by Gasteiger charge is 2.30. The van der Waals surface area contributed by atoms with Crippen molar-refractivity contribution in [2.75, 3.05) is 26.2 Å². The molecule has 1 aliphatic carbocycles. The fraction of sp³-hybridized carbons (Fsp3) is 0.588. The Balaban J connectivity index is 1.55. The molecule has 2 amide bonds. The zero-order valence-electron chi connectivity index (χ0n) is 14.1. The number of aromatic carboxylic acids is 1. The molecule has 8 heteroatoms. The maximum atomic E-state index is 12.5. The van der Waals surface area contributed by atoms with Gasteiger partial charge in [-0.2, -0.15) is 0 Å². The van der Waals surface area contributed by atoms with Gasteiger partial charge in [0.05, 0.1) is 12.4 Å². The molecule has 1 saturated carbocycles. The Labute approximate surface area is 145 Å². The lowest BCUT2D eigenvalue weighted by Crippen LogP contribution is -2.52. The molecule has 1 saturated heterocycles. The summed E-state index contributed by atoms with van der Waals surface area (Å²) in [6, 6.07) is 0. The van der Waals surface area contributed by atoms with Crippen molar-refractivity contribution in [2.45, 2.75) is 32.1 Å². The highest BCUT2D eigenvalue weighted by Crippen LogP contribution is 2.25. The van der Waals surface area contributed by atoms with Crippen molar-refractivity contribution in [1.29, 1.82) is 0 Å². The summed E-state index contributed by atoms with van der Waals surface area (Å²) in [5.41, 5.74) is -0.0727. The molecule has 2 aliphatic rings. The molecule has 1 aromatic heterocycles. The minimum atomic E-state index is -1.18. The minimum Gasteiger partial charge on any atom is -0.476 e. The highest BCUT2D eigenvalue weighted by atomic mass is 16.4. The number of piperazine rings is 1. The Morgan fingerprint density at radius 2 is 1.44 bits per heavy atom. The molecule has 0 atom stereocenters. The molecular formula is C17H22N4O4. The van der Waals surface area contributed by atoms with E-state index in [9.17, 15) is 14.4 Å². The SMILES string of the molecule is O=C(O)c1cnc(C(=O)N2CCN(C(=O)C3CCCCC3)CC2)cn1. The van der Waals surface area contributed by atoms with Gasteiger partial charge in [-0.3, -0.25) is 9.59 Å². The molecule has 25 heavy (non-hydrogen) atoms. The number of hydrogen-bond donors (Lipinski definition) is 1. The van der Waals surface area contributed by atoms with E-state index < -0.39 is 5.97 Å². The van der Waals surface area contributed by atoms with Crippen LogP contribution in [-0.4, -0.2) is 68.8 Å². The minimum absolute atomic E-state index is 0.122. The summed E-state index contributed by atoms with van der Waals surface area (Å²) >= 11 is 0. The molecule has 134 valence electrons. The van der Waals surface area contributed by atoms with Gasteiger partial charge in [0.1, 0.15) is 5.69 Å². The lowest BCUT2D eigenvalue weighted by Gasteiger charge is -2.37. The molecule has 2 heterocycles. The van der Waals surface area contributed by atoms with E-state index in [1.807, 2.05) is 4.90 Å². The molecule has 1 aromatic rings. The Bertz CT molecular complexity index is 647. The Morgan fingerprint density at radius 1 is 0.880 bits per heavy atom. The van der Waals surface area contributed by atoms with Crippen molar-refractivity contribution in [3.8, 4) is 0 Å². The molecule has 0 aromatic carbocycles. The van der Waals surface area contributed by atoms with Crippen LogP contribution in [0.3, 0.4) is 0 Å². The number of carboxylic acids is 1. The second-order valence-corrected chi connectivity index (χ2v) is 6.54. The van der Waals surface area contributed by atoms with Crippen LogP contribution in [0.5, 0.6) is 0 Å². The summed E-state index contributed by atoms with van der Waals surface area (Å²) in [5, 5.41) is 8.82. The molecule has 1 aliphatic heterocycles. The standard InChI is InChI=1S/C17H22N4O4/c22-15(12-4-2-1-3-5-12)20-6-8-21(9-7-20)16(23)13-10-19-14(11-18-13)17(24)25/h10-12H,1-9H2,(H,24,25). The molecule has 1 N–H and O–H groups in total. The molecule has 8 nitrogen and oxygen atoms in total. The predicted octanol–water partition coefficient (Wildman–Crippen LogP) is 1.04. The van der Waals surface area contributed by atoms with E-state index in [0.717, 1.165) is 31.9 Å². The molecule has 0 bridgehead atoms. The Kier molecular flexibility index (Phi) is 5.25. The number of amides is 2. The maximum absolute atomic E-state index is 12.5. The van der Waals surface area contributed by atoms with Crippen LogP contribution in [0.15, 0.2) is 12.4 Å². The van der Waals surface area contributed by atoms with Crippen LogP contribution in [0.2, 0.25) is 0 Å². The Morgan fingerprint density at radius 3 is 2.00 bits per heavy atom. The molecule has 0 radical (unpaired) electrons. The van der Waals surface area contributed by atoms with E-state index in [1.54, 1.807) is 4.90 Å². The number of hydrogen-bond acceptors (Lipinski definition) is 5. The summed E-state index contributed by atoms with van der Waals surface area (Å²) in [6.45, 7) is 1.97. The van der Waals surface area contributed by atoms with Crippen molar-refractivity contribution in [3.05, 3.63) is 23.8 Å². The van der Waals surface area contributed by atoms with Gasteiger partial charge in [0.25, 0.3) is 5.91 Å². The molecule has 0 spiro atoms. The number of aromatic nitrogens is 2. The number of nitrogens with zero attached hydrogens (tertiary/aromatic N) is 4. The molecule has 2 fully saturated rings. The fourth-order valence-corrected chi connectivity index (χ4v) is 3.45.